The zero-order valence-corrected chi connectivity index (χ0v) is 51.5. The summed E-state index contributed by atoms with van der Waals surface area (Å²) in [7, 11) is 0. The van der Waals surface area contributed by atoms with Gasteiger partial charge in [0, 0.05) is 19.3 Å². The van der Waals surface area contributed by atoms with Crippen LogP contribution in [0, 0.1) is 0 Å². The highest BCUT2D eigenvalue weighted by molar-refractivity contribution is 5.71. The summed E-state index contributed by atoms with van der Waals surface area (Å²) in [6.07, 6.45) is 83.8. The van der Waals surface area contributed by atoms with Crippen LogP contribution in [-0.4, -0.2) is 37.2 Å². The average Bonchev–Trinajstić information content (AvgIpc) is 3.43. The Bertz CT molecular complexity index is 1380. The molecule has 448 valence electrons. The van der Waals surface area contributed by atoms with Gasteiger partial charge in [-0.25, -0.2) is 0 Å². The number of carbonyl (C=O) groups is 3. The van der Waals surface area contributed by atoms with Crippen LogP contribution in [0.15, 0.2) is 60.8 Å². The molecule has 0 heterocycles. The first-order valence-electron chi connectivity index (χ1n) is 33.8. The Morgan fingerprint density at radius 1 is 0.260 bits per heavy atom. The number of unbranched alkanes of at least 4 members (excludes halogenated alkanes) is 41. The number of rotatable bonds is 62. The molecule has 0 fully saturated rings. The molecule has 0 aromatic rings. The lowest BCUT2D eigenvalue weighted by Crippen LogP contribution is -2.30. The van der Waals surface area contributed by atoms with Crippen molar-refractivity contribution >= 4 is 17.9 Å². The minimum atomic E-state index is -0.776. The zero-order chi connectivity index (χ0) is 55.7. The molecule has 0 saturated carbocycles. The smallest absolute Gasteiger partial charge is 0.306 e. The summed E-state index contributed by atoms with van der Waals surface area (Å²) >= 11 is 0. The maximum Gasteiger partial charge on any atom is 0.306 e. The highest BCUT2D eigenvalue weighted by Gasteiger charge is 2.19. The number of allylic oxidation sites excluding steroid dienone is 10. The summed E-state index contributed by atoms with van der Waals surface area (Å²) in [5, 5.41) is 0. The van der Waals surface area contributed by atoms with Gasteiger partial charge in [-0.15, -0.1) is 0 Å². The van der Waals surface area contributed by atoms with E-state index in [1.165, 1.54) is 238 Å². The fourth-order valence-corrected chi connectivity index (χ4v) is 9.89. The molecule has 0 radical (unpaired) electrons. The Hall–Kier alpha value is -2.89. The van der Waals surface area contributed by atoms with Crippen molar-refractivity contribution in [1.29, 1.82) is 0 Å². The van der Waals surface area contributed by atoms with Gasteiger partial charge in [0.15, 0.2) is 6.10 Å². The van der Waals surface area contributed by atoms with Crippen LogP contribution in [0.2, 0.25) is 0 Å². The van der Waals surface area contributed by atoms with Gasteiger partial charge >= 0.3 is 17.9 Å². The van der Waals surface area contributed by atoms with E-state index >= 15 is 0 Å². The molecule has 6 nitrogen and oxygen atoms in total. The van der Waals surface area contributed by atoms with Crippen LogP contribution in [-0.2, 0) is 28.6 Å². The predicted molar refractivity (Wildman–Crippen MR) is 335 cm³/mol. The molecular weight excluding hydrogens is 949 g/mol. The van der Waals surface area contributed by atoms with Gasteiger partial charge in [-0.3, -0.25) is 14.4 Å². The van der Waals surface area contributed by atoms with Crippen LogP contribution in [0.4, 0.5) is 0 Å². The molecule has 0 bridgehead atoms. The lowest BCUT2D eigenvalue weighted by Gasteiger charge is -2.18. The van der Waals surface area contributed by atoms with Crippen LogP contribution in [0.25, 0.3) is 0 Å². The highest BCUT2D eigenvalue weighted by atomic mass is 16.6. The summed E-state index contributed by atoms with van der Waals surface area (Å²) in [6, 6.07) is 0. The van der Waals surface area contributed by atoms with Gasteiger partial charge in [-0.1, -0.05) is 306 Å². The van der Waals surface area contributed by atoms with E-state index in [1.807, 2.05) is 0 Å². The molecule has 0 spiro atoms. The summed E-state index contributed by atoms with van der Waals surface area (Å²) in [5.41, 5.74) is 0. The van der Waals surface area contributed by atoms with Gasteiger partial charge in [0.2, 0.25) is 0 Å². The molecule has 0 aliphatic rings. The lowest BCUT2D eigenvalue weighted by atomic mass is 10.0. The monoisotopic (exact) mass is 1080 g/mol. The second kappa shape index (κ2) is 65.6. The van der Waals surface area contributed by atoms with Crippen LogP contribution in [0.3, 0.4) is 0 Å². The molecular formula is C71H128O6. The lowest BCUT2D eigenvalue weighted by molar-refractivity contribution is -0.167. The SMILES string of the molecule is CCCCCCC/C=C\C/C=C\C/C=C\CCCCCCCCCCCCC(=O)OCC(COC(=O)CCCCCCCCCCCCC)OC(=O)CCCCCCCCCCCCC/C=C\C/C=C\CCCCCCC. The second-order valence-electron chi connectivity index (χ2n) is 22.7. The maximum atomic E-state index is 12.9. The van der Waals surface area contributed by atoms with Gasteiger partial charge in [0.25, 0.3) is 0 Å². The third-order valence-corrected chi connectivity index (χ3v) is 15.0. The van der Waals surface area contributed by atoms with E-state index in [0.29, 0.717) is 19.3 Å². The minimum absolute atomic E-state index is 0.0726. The fraction of sp³-hybridized carbons (Fsp3) is 0.817. The van der Waals surface area contributed by atoms with E-state index in [-0.39, 0.29) is 31.1 Å². The molecule has 0 N–H and O–H groups in total. The van der Waals surface area contributed by atoms with E-state index in [2.05, 4.69) is 81.5 Å². The summed E-state index contributed by atoms with van der Waals surface area (Å²) in [6.45, 7) is 6.65. The summed E-state index contributed by atoms with van der Waals surface area (Å²) in [5.74, 6) is -0.860. The third kappa shape index (κ3) is 63.8. The van der Waals surface area contributed by atoms with Crippen molar-refractivity contribution in [2.24, 2.45) is 0 Å². The summed E-state index contributed by atoms with van der Waals surface area (Å²) in [4.78, 5) is 38.3. The zero-order valence-electron chi connectivity index (χ0n) is 51.5. The van der Waals surface area contributed by atoms with Gasteiger partial charge < -0.3 is 14.2 Å². The van der Waals surface area contributed by atoms with E-state index in [9.17, 15) is 14.4 Å². The Kier molecular flexibility index (Phi) is 63.2. The van der Waals surface area contributed by atoms with Crippen molar-refractivity contribution < 1.29 is 28.6 Å². The van der Waals surface area contributed by atoms with Crippen molar-refractivity contribution in [1.82, 2.24) is 0 Å². The third-order valence-electron chi connectivity index (χ3n) is 15.0. The fourth-order valence-electron chi connectivity index (χ4n) is 9.89. The second-order valence-corrected chi connectivity index (χ2v) is 22.7. The largest absolute Gasteiger partial charge is 0.462 e. The number of hydrogen-bond acceptors (Lipinski definition) is 6. The molecule has 0 aliphatic carbocycles. The van der Waals surface area contributed by atoms with Gasteiger partial charge in [0.05, 0.1) is 0 Å². The van der Waals surface area contributed by atoms with Crippen LogP contribution in [0.5, 0.6) is 0 Å². The Morgan fingerprint density at radius 2 is 0.468 bits per heavy atom. The van der Waals surface area contributed by atoms with Gasteiger partial charge in [-0.2, -0.15) is 0 Å². The topological polar surface area (TPSA) is 78.9 Å². The molecule has 6 heteroatoms. The number of hydrogen-bond donors (Lipinski definition) is 0. The van der Waals surface area contributed by atoms with Crippen molar-refractivity contribution in [2.75, 3.05) is 13.2 Å². The minimum Gasteiger partial charge on any atom is -0.462 e. The number of esters is 3. The van der Waals surface area contributed by atoms with Crippen molar-refractivity contribution in [3.05, 3.63) is 60.8 Å². The van der Waals surface area contributed by atoms with Crippen LogP contribution < -0.4 is 0 Å². The predicted octanol–water partition coefficient (Wildman–Crippen LogP) is 23.1. The van der Waals surface area contributed by atoms with Crippen LogP contribution in [0.1, 0.15) is 355 Å². The number of carbonyl (C=O) groups excluding carboxylic acids is 3. The van der Waals surface area contributed by atoms with Crippen LogP contribution >= 0.6 is 0 Å². The molecule has 0 rings (SSSR count). The summed E-state index contributed by atoms with van der Waals surface area (Å²) < 4.78 is 16.9. The Morgan fingerprint density at radius 3 is 0.727 bits per heavy atom. The van der Waals surface area contributed by atoms with Gasteiger partial charge in [0.1, 0.15) is 13.2 Å². The number of ether oxygens (including phenoxy) is 3. The van der Waals surface area contributed by atoms with E-state index < -0.39 is 6.10 Å². The highest BCUT2D eigenvalue weighted by Crippen LogP contribution is 2.17. The van der Waals surface area contributed by atoms with Crippen molar-refractivity contribution in [3.8, 4) is 0 Å². The standard InChI is InChI=1S/C71H128O6/c1-4-7-10-13-16-19-22-24-26-28-30-32-34-35-37-38-40-42-44-46-49-52-55-58-61-64-70(73)76-67-68(66-75-69(72)63-60-57-54-51-48-21-18-15-12-9-6-3)77-71(74)65-62-59-56-53-50-47-45-43-41-39-36-33-31-29-27-25-23-20-17-14-11-8-5-2/h22-25,28-31,34-35,68H,4-21,26-27,32-33,36-67H2,1-3H3/b24-22-,25-23-,30-28-,31-29-,35-34-. The Labute approximate surface area is 479 Å². The van der Waals surface area contributed by atoms with E-state index in [4.69, 9.17) is 14.2 Å². The molecule has 0 saturated heterocycles. The molecule has 1 unspecified atom stereocenters. The normalized spacial score (nSPS) is 12.4. The first kappa shape index (κ1) is 74.1. The van der Waals surface area contributed by atoms with E-state index in [0.717, 1.165) is 77.0 Å². The molecule has 77 heavy (non-hydrogen) atoms. The van der Waals surface area contributed by atoms with Gasteiger partial charge in [-0.05, 0) is 89.9 Å². The molecule has 0 amide bonds. The molecule has 0 aromatic carbocycles. The average molecular weight is 1080 g/mol. The first-order chi connectivity index (χ1) is 38.0. The quantitative estimate of drug-likeness (QED) is 0.0261. The van der Waals surface area contributed by atoms with Crippen molar-refractivity contribution in [3.63, 3.8) is 0 Å². The van der Waals surface area contributed by atoms with E-state index in [1.54, 1.807) is 0 Å². The molecule has 0 aromatic heterocycles. The maximum absolute atomic E-state index is 12.9. The first-order valence-corrected chi connectivity index (χ1v) is 33.8. The molecule has 0 aliphatic heterocycles. The van der Waals surface area contributed by atoms with Crippen molar-refractivity contribution in [2.45, 2.75) is 361 Å². The Balaban J connectivity index is 4.25. The molecule has 1 atom stereocenters.